The zero-order chi connectivity index (χ0) is 14.7. The van der Waals surface area contributed by atoms with Gasteiger partial charge in [-0.05, 0) is 25.8 Å². The van der Waals surface area contributed by atoms with Gasteiger partial charge in [0, 0.05) is 11.4 Å². The van der Waals surface area contributed by atoms with Gasteiger partial charge in [-0.3, -0.25) is 9.48 Å². The molecule has 0 atom stereocenters. The van der Waals surface area contributed by atoms with Gasteiger partial charge in [0.25, 0.3) is 0 Å². The fourth-order valence-corrected chi connectivity index (χ4v) is 3.25. The van der Waals surface area contributed by atoms with Crippen LogP contribution >= 0.6 is 0 Å². The van der Waals surface area contributed by atoms with E-state index < -0.39 is 0 Å². The highest BCUT2D eigenvalue weighted by Gasteiger charge is 2.16. The molecule has 1 aromatic heterocycles. The second kappa shape index (κ2) is 6.29. The monoisotopic (exact) mass is 285 g/mol. The van der Waals surface area contributed by atoms with Crippen molar-refractivity contribution in [3.05, 3.63) is 30.0 Å². The number of nitrogens with one attached hydrogen (secondary N) is 1. The third-order valence-electron chi connectivity index (χ3n) is 4.36. The third-order valence-corrected chi connectivity index (χ3v) is 4.36. The summed E-state index contributed by atoms with van der Waals surface area (Å²) in [5.41, 5.74) is 2.01. The number of rotatable bonds is 3. The van der Waals surface area contributed by atoms with Crippen LogP contribution < -0.4 is 5.32 Å². The van der Waals surface area contributed by atoms with Crippen molar-refractivity contribution in [1.29, 1.82) is 0 Å². The van der Waals surface area contributed by atoms with Gasteiger partial charge in [-0.1, -0.05) is 43.9 Å². The number of aryl methyl sites for hydroxylation is 1. The van der Waals surface area contributed by atoms with Crippen LogP contribution in [0.5, 0.6) is 0 Å². The van der Waals surface area contributed by atoms with E-state index in [1.807, 2.05) is 29.8 Å². The molecule has 0 bridgehead atoms. The van der Waals surface area contributed by atoms with Gasteiger partial charge in [-0.25, -0.2) is 0 Å². The lowest BCUT2D eigenvalue weighted by molar-refractivity contribution is -0.122. The molecule has 0 saturated heterocycles. The van der Waals surface area contributed by atoms with Crippen molar-refractivity contribution in [1.82, 2.24) is 15.1 Å². The van der Waals surface area contributed by atoms with E-state index in [4.69, 9.17) is 0 Å². The second-order valence-corrected chi connectivity index (χ2v) is 6.02. The van der Waals surface area contributed by atoms with E-state index in [9.17, 15) is 4.79 Å². The number of hydrogen-bond donors (Lipinski definition) is 1. The quantitative estimate of drug-likeness (QED) is 0.880. The molecule has 1 amide bonds. The number of carbonyl (C=O) groups is 1. The summed E-state index contributed by atoms with van der Waals surface area (Å²) in [5.74, 6) is 0.0788. The minimum Gasteiger partial charge on any atom is -0.352 e. The highest BCUT2D eigenvalue weighted by Crippen LogP contribution is 2.19. The Kier molecular flexibility index (Phi) is 4.23. The molecule has 0 unspecified atom stereocenters. The first-order chi connectivity index (χ1) is 10.2. The van der Waals surface area contributed by atoms with E-state index in [1.165, 1.54) is 25.7 Å². The fraction of sp³-hybridized carbons (Fsp3) is 0.529. The normalized spacial score (nSPS) is 16.8. The van der Waals surface area contributed by atoms with Crippen molar-refractivity contribution < 1.29 is 4.79 Å². The van der Waals surface area contributed by atoms with Crippen LogP contribution in [-0.2, 0) is 11.3 Å². The summed E-state index contributed by atoms with van der Waals surface area (Å²) in [7, 11) is 0. The Balaban J connectivity index is 1.68. The van der Waals surface area contributed by atoms with Crippen molar-refractivity contribution in [3.63, 3.8) is 0 Å². The van der Waals surface area contributed by atoms with Crippen LogP contribution in [0.1, 0.15) is 44.2 Å². The Bertz CT molecular complexity index is 624. The molecule has 1 aromatic carbocycles. The summed E-state index contributed by atoms with van der Waals surface area (Å²) in [4.78, 5) is 12.3. The number of fused-ring (bicyclic) bond motifs is 1. The SMILES string of the molecule is Cc1nn(CC(=O)NC2CCCCCC2)c2ccccc12. The summed E-state index contributed by atoms with van der Waals surface area (Å²) < 4.78 is 1.82. The van der Waals surface area contributed by atoms with Crippen molar-refractivity contribution in [2.75, 3.05) is 0 Å². The molecule has 2 aromatic rings. The number of amides is 1. The van der Waals surface area contributed by atoms with E-state index in [-0.39, 0.29) is 5.91 Å². The first-order valence-electron chi connectivity index (χ1n) is 7.95. The molecule has 1 N–H and O–H groups in total. The number of nitrogens with zero attached hydrogens (tertiary/aromatic N) is 2. The number of carbonyl (C=O) groups excluding carboxylic acids is 1. The molecule has 1 fully saturated rings. The topological polar surface area (TPSA) is 46.9 Å². The molecule has 4 nitrogen and oxygen atoms in total. The van der Waals surface area contributed by atoms with E-state index in [0.717, 1.165) is 29.4 Å². The molecule has 1 heterocycles. The molecule has 0 spiro atoms. The molecular formula is C17H23N3O. The van der Waals surface area contributed by atoms with E-state index in [0.29, 0.717) is 12.6 Å². The molecule has 1 aliphatic carbocycles. The zero-order valence-electron chi connectivity index (χ0n) is 12.6. The largest absolute Gasteiger partial charge is 0.352 e. The second-order valence-electron chi connectivity index (χ2n) is 6.02. The predicted molar refractivity (Wildman–Crippen MR) is 84.1 cm³/mol. The fourth-order valence-electron chi connectivity index (χ4n) is 3.25. The molecular weight excluding hydrogens is 262 g/mol. The Labute approximate surface area is 125 Å². The first kappa shape index (κ1) is 14.1. The predicted octanol–water partition coefficient (Wildman–Crippen LogP) is 3.18. The van der Waals surface area contributed by atoms with Crippen LogP contribution in [0.3, 0.4) is 0 Å². The Morgan fingerprint density at radius 1 is 1.24 bits per heavy atom. The number of para-hydroxylation sites is 1. The lowest BCUT2D eigenvalue weighted by atomic mass is 10.1. The Hall–Kier alpha value is -1.84. The average molecular weight is 285 g/mol. The Morgan fingerprint density at radius 3 is 2.71 bits per heavy atom. The number of hydrogen-bond acceptors (Lipinski definition) is 2. The van der Waals surface area contributed by atoms with Gasteiger partial charge >= 0.3 is 0 Å². The van der Waals surface area contributed by atoms with E-state index >= 15 is 0 Å². The van der Waals surface area contributed by atoms with Crippen molar-refractivity contribution in [3.8, 4) is 0 Å². The molecule has 112 valence electrons. The molecule has 1 aliphatic rings. The molecule has 3 rings (SSSR count). The summed E-state index contributed by atoms with van der Waals surface area (Å²) in [6.07, 6.45) is 7.30. The van der Waals surface area contributed by atoms with E-state index in [2.05, 4.69) is 16.5 Å². The van der Waals surface area contributed by atoms with Crippen molar-refractivity contribution >= 4 is 16.8 Å². The molecule has 4 heteroatoms. The van der Waals surface area contributed by atoms with Crippen LogP contribution in [0.2, 0.25) is 0 Å². The van der Waals surface area contributed by atoms with Gasteiger partial charge < -0.3 is 5.32 Å². The van der Waals surface area contributed by atoms with Crippen LogP contribution in [0.25, 0.3) is 10.9 Å². The molecule has 1 saturated carbocycles. The van der Waals surface area contributed by atoms with Crippen LogP contribution in [-0.4, -0.2) is 21.7 Å². The third kappa shape index (κ3) is 3.26. The van der Waals surface area contributed by atoms with Gasteiger partial charge in [-0.2, -0.15) is 5.10 Å². The summed E-state index contributed by atoms with van der Waals surface area (Å²) in [6, 6.07) is 8.42. The minimum atomic E-state index is 0.0788. The van der Waals surface area contributed by atoms with Crippen LogP contribution in [0.15, 0.2) is 24.3 Å². The van der Waals surface area contributed by atoms with Gasteiger partial charge in [0.15, 0.2) is 0 Å². The molecule has 0 radical (unpaired) electrons. The lowest BCUT2D eigenvalue weighted by Crippen LogP contribution is -2.36. The van der Waals surface area contributed by atoms with Crippen molar-refractivity contribution in [2.45, 2.75) is 58.0 Å². The maximum Gasteiger partial charge on any atom is 0.241 e. The summed E-state index contributed by atoms with van der Waals surface area (Å²) in [6.45, 7) is 2.30. The smallest absolute Gasteiger partial charge is 0.241 e. The van der Waals surface area contributed by atoms with Gasteiger partial charge in [-0.15, -0.1) is 0 Å². The van der Waals surface area contributed by atoms with Gasteiger partial charge in [0.05, 0.1) is 11.2 Å². The highest BCUT2D eigenvalue weighted by molar-refractivity contribution is 5.84. The molecule has 0 aliphatic heterocycles. The molecule has 21 heavy (non-hydrogen) atoms. The maximum absolute atomic E-state index is 12.3. The zero-order valence-corrected chi connectivity index (χ0v) is 12.6. The maximum atomic E-state index is 12.3. The minimum absolute atomic E-state index is 0.0788. The van der Waals surface area contributed by atoms with E-state index in [1.54, 1.807) is 0 Å². The number of benzene rings is 1. The Morgan fingerprint density at radius 2 is 1.95 bits per heavy atom. The highest BCUT2D eigenvalue weighted by atomic mass is 16.2. The number of aromatic nitrogens is 2. The van der Waals surface area contributed by atoms with Crippen LogP contribution in [0.4, 0.5) is 0 Å². The lowest BCUT2D eigenvalue weighted by Gasteiger charge is -2.16. The van der Waals surface area contributed by atoms with Crippen LogP contribution in [0, 0.1) is 6.92 Å². The van der Waals surface area contributed by atoms with Gasteiger partial charge in [0.1, 0.15) is 6.54 Å². The summed E-state index contributed by atoms with van der Waals surface area (Å²) >= 11 is 0. The van der Waals surface area contributed by atoms with Gasteiger partial charge in [0.2, 0.25) is 5.91 Å². The summed E-state index contributed by atoms with van der Waals surface area (Å²) in [5, 5.41) is 8.80. The average Bonchev–Trinajstić information content (AvgIpc) is 2.67. The first-order valence-corrected chi connectivity index (χ1v) is 7.95. The standard InChI is InChI=1S/C17H23N3O/c1-13-15-10-6-7-11-16(15)20(19-13)12-17(21)18-14-8-4-2-3-5-9-14/h6-7,10-11,14H,2-5,8-9,12H2,1H3,(H,18,21). The van der Waals surface area contributed by atoms with Crippen molar-refractivity contribution in [2.24, 2.45) is 0 Å².